The SMILES string of the molecule is Cc1ccc2[nH]cc(CCNC(=O)c3cc4nc(-c5ccc(C(C)C)cc5)cc(C(F)(F)F)n4n3)c2c1. The number of amides is 1. The second-order valence-corrected chi connectivity index (χ2v) is 9.47. The van der Waals surface area contributed by atoms with Crippen LogP contribution in [0.4, 0.5) is 13.2 Å². The van der Waals surface area contributed by atoms with Gasteiger partial charge in [0.2, 0.25) is 0 Å². The quantitative estimate of drug-likeness (QED) is 0.284. The zero-order valence-corrected chi connectivity index (χ0v) is 20.6. The van der Waals surface area contributed by atoms with Crippen LogP contribution >= 0.6 is 0 Å². The Hall–Kier alpha value is -4.14. The number of benzene rings is 2. The van der Waals surface area contributed by atoms with Gasteiger partial charge in [-0.05, 0) is 48.6 Å². The van der Waals surface area contributed by atoms with E-state index in [-0.39, 0.29) is 17.0 Å². The summed E-state index contributed by atoms with van der Waals surface area (Å²) in [5.41, 5.74) is 3.81. The molecule has 0 spiro atoms. The Morgan fingerprint density at radius 2 is 1.84 bits per heavy atom. The van der Waals surface area contributed by atoms with E-state index >= 15 is 0 Å². The Balaban J connectivity index is 1.40. The van der Waals surface area contributed by atoms with Gasteiger partial charge in [0.15, 0.2) is 17.0 Å². The fourth-order valence-electron chi connectivity index (χ4n) is 4.37. The molecule has 5 aromatic rings. The normalized spacial score (nSPS) is 12.1. The summed E-state index contributed by atoms with van der Waals surface area (Å²) in [5, 5.41) is 7.78. The van der Waals surface area contributed by atoms with E-state index in [4.69, 9.17) is 0 Å². The number of aromatic nitrogens is 4. The maximum Gasteiger partial charge on any atom is 0.433 e. The van der Waals surface area contributed by atoms with Gasteiger partial charge in [0.1, 0.15) is 0 Å². The van der Waals surface area contributed by atoms with E-state index in [0.717, 1.165) is 33.7 Å². The molecule has 3 heterocycles. The molecule has 2 aromatic carbocycles. The van der Waals surface area contributed by atoms with Crippen molar-refractivity contribution in [2.75, 3.05) is 6.54 Å². The lowest BCUT2D eigenvalue weighted by molar-refractivity contribution is -0.142. The van der Waals surface area contributed by atoms with Crippen molar-refractivity contribution in [2.45, 2.75) is 39.3 Å². The van der Waals surface area contributed by atoms with Gasteiger partial charge in [0.05, 0.1) is 5.69 Å². The molecule has 9 heteroatoms. The van der Waals surface area contributed by atoms with Crippen molar-refractivity contribution in [3.8, 4) is 11.3 Å². The van der Waals surface area contributed by atoms with Gasteiger partial charge in [0, 0.05) is 35.3 Å². The second kappa shape index (κ2) is 9.38. The van der Waals surface area contributed by atoms with Crippen LogP contribution in [0.25, 0.3) is 27.8 Å². The Bertz CT molecular complexity index is 1600. The van der Waals surface area contributed by atoms with Gasteiger partial charge in [-0.2, -0.15) is 18.3 Å². The molecule has 0 atom stereocenters. The lowest BCUT2D eigenvalue weighted by Crippen LogP contribution is -2.26. The molecule has 2 N–H and O–H groups in total. The molecular formula is C28H26F3N5O. The summed E-state index contributed by atoms with van der Waals surface area (Å²) in [6.45, 7) is 6.40. The summed E-state index contributed by atoms with van der Waals surface area (Å²) in [6.07, 6.45) is -2.22. The maximum atomic E-state index is 13.9. The fraction of sp³-hybridized carbons (Fsp3) is 0.250. The molecule has 0 unspecified atom stereocenters. The van der Waals surface area contributed by atoms with Crippen molar-refractivity contribution >= 4 is 22.5 Å². The van der Waals surface area contributed by atoms with Crippen LogP contribution in [0.1, 0.15) is 52.6 Å². The number of aryl methyl sites for hydroxylation is 1. The van der Waals surface area contributed by atoms with E-state index in [1.807, 2.05) is 51.2 Å². The topological polar surface area (TPSA) is 75.1 Å². The van der Waals surface area contributed by atoms with Crippen molar-refractivity contribution < 1.29 is 18.0 Å². The van der Waals surface area contributed by atoms with E-state index in [1.54, 1.807) is 12.1 Å². The molecule has 190 valence electrons. The highest BCUT2D eigenvalue weighted by atomic mass is 19.4. The molecule has 0 aliphatic carbocycles. The number of hydrogen-bond donors (Lipinski definition) is 2. The average Bonchev–Trinajstić information content (AvgIpc) is 3.47. The van der Waals surface area contributed by atoms with Gasteiger partial charge in [0.25, 0.3) is 5.91 Å². The van der Waals surface area contributed by atoms with Crippen molar-refractivity contribution in [3.05, 3.63) is 88.9 Å². The summed E-state index contributed by atoms with van der Waals surface area (Å²) in [5.74, 6) is -0.260. The van der Waals surface area contributed by atoms with Crippen LogP contribution in [0, 0.1) is 6.92 Å². The minimum Gasteiger partial charge on any atom is -0.361 e. The maximum absolute atomic E-state index is 13.9. The van der Waals surface area contributed by atoms with Crippen LogP contribution in [-0.4, -0.2) is 32.0 Å². The van der Waals surface area contributed by atoms with E-state index in [1.165, 1.54) is 6.07 Å². The van der Waals surface area contributed by atoms with Crippen LogP contribution in [0.3, 0.4) is 0 Å². The van der Waals surface area contributed by atoms with Crippen LogP contribution in [0.2, 0.25) is 0 Å². The number of aromatic amines is 1. The summed E-state index contributed by atoms with van der Waals surface area (Å²) in [6, 6.07) is 15.6. The lowest BCUT2D eigenvalue weighted by atomic mass is 10.0. The predicted molar refractivity (Wildman–Crippen MR) is 137 cm³/mol. The third-order valence-electron chi connectivity index (χ3n) is 6.43. The molecule has 0 radical (unpaired) electrons. The molecule has 6 nitrogen and oxygen atoms in total. The first-order valence-electron chi connectivity index (χ1n) is 12.0. The van der Waals surface area contributed by atoms with Crippen LogP contribution in [-0.2, 0) is 12.6 Å². The predicted octanol–water partition coefficient (Wildman–Crippen LogP) is 6.30. The highest BCUT2D eigenvalue weighted by molar-refractivity contribution is 5.93. The number of rotatable bonds is 6. The first kappa shape index (κ1) is 24.5. The minimum atomic E-state index is -4.68. The average molecular weight is 506 g/mol. The van der Waals surface area contributed by atoms with E-state index in [0.29, 0.717) is 29.0 Å². The number of hydrogen-bond acceptors (Lipinski definition) is 3. The molecule has 0 saturated carbocycles. The summed E-state index contributed by atoms with van der Waals surface area (Å²) < 4.78 is 42.4. The van der Waals surface area contributed by atoms with Gasteiger partial charge in [-0.3, -0.25) is 4.79 Å². The van der Waals surface area contributed by atoms with Crippen LogP contribution < -0.4 is 5.32 Å². The van der Waals surface area contributed by atoms with Gasteiger partial charge in [-0.1, -0.05) is 49.7 Å². The number of alkyl halides is 3. The second-order valence-electron chi connectivity index (χ2n) is 9.47. The molecule has 37 heavy (non-hydrogen) atoms. The molecular weight excluding hydrogens is 479 g/mol. The largest absolute Gasteiger partial charge is 0.433 e. The Labute approximate surface area is 211 Å². The third-order valence-corrected chi connectivity index (χ3v) is 6.43. The van der Waals surface area contributed by atoms with Gasteiger partial charge >= 0.3 is 6.18 Å². The Kier molecular flexibility index (Phi) is 6.23. The fourth-order valence-corrected chi connectivity index (χ4v) is 4.37. The zero-order chi connectivity index (χ0) is 26.3. The van der Waals surface area contributed by atoms with Gasteiger partial charge in [-0.25, -0.2) is 9.50 Å². The molecule has 1 amide bonds. The zero-order valence-electron chi connectivity index (χ0n) is 20.6. The summed E-state index contributed by atoms with van der Waals surface area (Å²) in [7, 11) is 0. The van der Waals surface area contributed by atoms with E-state index in [2.05, 4.69) is 26.4 Å². The lowest BCUT2D eigenvalue weighted by Gasteiger charge is -2.11. The number of carbonyl (C=O) groups excluding carboxylic acids is 1. The van der Waals surface area contributed by atoms with Crippen molar-refractivity contribution in [2.24, 2.45) is 0 Å². The monoisotopic (exact) mass is 505 g/mol. The highest BCUT2D eigenvalue weighted by Gasteiger charge is 2.35. The molecule has 0 aliphatic heterocycles. The van der Waals surface area contributed by atoms with Gasteiger partial charge < -0.3 is 10.3 Å². The molecule has 0 saturated heterocycles. The summed E-state index contributed by atoms with van der Waals surface area (Å²) >= 11 is 0. The number of nitrogens with zero attached hydrogens (tertiary/aromatic N) is 3. The van der Waals surface area contributed by atoms with E-state index < -0.39 is 17.8 Å². The summed E-state index contributed by atoms with van der Waals surface area (Å²) in [4.78, 5) is 20.4. The molecule has 0 fully saturated rings. The molecule has 0 bridgehead atoms. The van der Waals surface area contributed by atoms with Crippen LogP contribution in [0.5, 0.6) is 0 Å². The third kappa shape index (κ3) is 4.94. The first-order valence-corrected chi connectivity index (χ1v) is 12.0. The number of fused-ring (bicyclic) bond motifs is 2. The number of carbonyl (C=O) groups is 1. The Morgan fingerprint density at radius 1 is 1.08 bits per heavy atom. The molecule has 0 aliphatic rings. The van der Waals surface area contributed by atoms with E-state index in [9.17, 15) is 18.0 Å². The molecule has 3 aromatic heterocycles. The van der Waals surface area contributed by atoms with Crippen molar-refractivity contribution in [1.29, 1.82) is 0 Å². The minimum absolute atomic E-state index is 0.0463. The smallest absolute Gasteiger partial charge is 0.361 e. The van der Waals surface area contributed by atoms with Crippen molar-refractivity contribution in [1.82, 2.24) is 24.9 Å². The number of halogens is 3. The van der Waals surface area contributed by atoms with Gasteiger partial charge in [-0.15, -0.1) is 0 Å². The standard InChI is InChI=1S/C28H26F3N5O/c1-16(2)18-5-7-19(8-6-18)23-13-25(28(29,30)31)36-26(34-23)14-24(35-36)27(37)32-11-10-20-15-33-22-9-4-17(3)12-21(20)22/h4-9,12-16,33H,10-11H2,1-3H3,(H,32,37). The molecule has 5 rings (SSSR count). The highest BCUT2D eigenvalue weighted by Crippen LogP contribution is 2.32. The Morgan fingerprint density at radius 3 is 2.54 bits per heavy atom. The number of nitrogens with one attached hydrogen (secondary N) is 2. The first-order chi connectivity index (χ1) is 17.6. The number of H-pyrrole nitrogens is 1. The van der Waals surface area contributed by atoms with Crippen molar-refractivity contribution in [3.63, 3.8) is 0 Å². The van der Waals surface area contributed by atoms with Crippen LogP contribution in [0.15, 0.2) is 60.8 Å².